The van der Waals surface area contributed by atoms with Crippen molar-refractivity contribution in [1.29, 1.82) is 0 Å². The predicted molar refractivity (Wildman–Crippen MR) is 122 cm³/mol. The molecule has 2 aromatic carbocycles. The lowest BCUT2D eigenvalue weighted by Crippen LogP contribution is -2.35. The van der Waals surface area contributed by atoms with Gasteiger partial charge in [-0.2, -0.15) is 4.31 Å². The van der Waals surface area contributed by atoms with E-state index in [1.165, 1.54) is 10.4 Å². The Morgan fingerprint density at radius 2 is 1.69 bits per heavy atom. The van der Waals surface area contributed by atoms with E-state index in [1.807, 2.05) is 12.1 Å². The highest BCUT2D eigenvalue weighted by molar-refractivity contribution is 7.89. The predicted octanol–water partition coefficient (Wildman–Crippen LogP) is 3.03. The summed E-state index contributed by atoms with van der Waals surface area (Å²) in [7, 11) is -1.91. The maximum absolute atomic E-state index is 13.0. The monoisotopic (exact) mass is 455 g/mol. The standard InChI is InChI=1S/C24H29N3O4S/c1-26(17-18-8-10-19(11-9-18)23(28)25-21-12-13-21)24(29)20-6-5-7-22(16-20)32(30,31)27-14-3-2-4-15-27/h5-11,16,21H,2-4,12-15,17H2,1H3,(H,25,28). The fourth-order valence-corrected chi connectivity index (χ4v) is 5.43. The lowest BCUT2D eigenvalue weighted by Gasteiger charge is -2.26. The molecule has 7 nitrogen and oxygen atoms in total. The summed E-state index contributed by atoms with van der Waals surface area (Å²) in [4.78, 5) is 26.8. The van der Waals surface area contributed by atoms with Crippen LogP contribution in [-0.4, -0.2) is 55.6 Å². The fraction of sp³-hybridized carbons (Fsp3) is 0.417. The van der Waals surface area contributed by atoms with Crippen LogP contribution in [0.3, 0.4) is 0 Å². The molecule has 1 heterocycles. The lowest BCUT2D eigenvalue weighted by atomic mass is 10.1. The molecule has 2 aliphatic rings. The molecule has 1 aliphatic carbocycles. The molecular weight excluding hydrogens is 426 g/mol. The minimum absolute atomic E-state index is 0.0739. The van der Waals surface area contributed by atoms with E-state index in [0.717, 1.165) is 37.7 Å². The Labute approximate surface area is 189 Å². The van der Waals surface area contributed by atoms with E-state index in [4.69, 9.17) is 0 Å². The molecule has 0 spiro atoms. The number of carbonyl (C=O) groups is 2. The van der Waals surface area contributed by atoms with Crippen molar-refractivity contribution in [3.8, 4) is 0 Å². The van der Waals surface area contributed by atoms with Crippen LogP contribution in [-0.2, 0) is 16.6 Å². The van der Waals surface area contributed by atoms with Gasteiger partial charge in [0.2, 0.25) is 10.0 Å². The van der Waals surface area contributed by atoms with Crippen LogP contribution in [0.15, 0.2) is 53.4 Å². The maximum Gasteiger partial charge on any atom is 0.253 e. The van der Waals surface area contributed by atoms with Crippen molar-refractivity contribution in [3.05, 3.63) is 65.2 Å². The van der Waals surface area contributed by atoms with Gasteiger partial charge in [-0.25, -0.2) is 8.42 Å². The summed E-state index contributed by atoms with van der Waals surface area (Å²) in [6.07, 6.45) is 4.85. The second-order valence-electron chi connectivity index (χ2n) is 8.60. The van der Waals surface area contributed by atoms with Crippen LogP contribution in [0.5, 0.6) is 0 Å². The van der Waals surface area contributed by atoms with Crippen molar-refractivity contribution in [2.24, 2.45) is 0 Å². The van der Waals surface area contributed by atoms with E-state index < -0.39 is 10.0 Å². The first-order chi connectivity index (χ1) is 15.3. The smallest absolute Gasteiger partial charge is 0.253 e. The zero-order chi connectivity index (χ0) is 22.7. The number of nitrogens with zero attached hydrogens (tertiary/aromatic N) is 2. The molecule has 0 aromatic heterocycles. The number of hydrogen-bond acceptors (Lipinski definition) is 4. The molecule has 0 unspecified atom stereocenters. The molecule has 32 heavy (non-hydrogen) atoms. The molecule has 0 atom stereocenters. The first-order valence-corrected chi connectivity index (χ1v) is 12.5. The Bertz CT molecular complexity index is 1090. The summed E-state index contributed by atoms with van der Waals surface area (Å²) in [5, 5.41) is 2.96. The average Bonchev–Trinajstić information content (AvgIpc) is 3.63. The molecule has 2 aromatic rings. The van der Waals surface area contributed by atoms with Gasteiger partial charge in [0.1, 0.15) is 0 Å². The average molecular weight is 456 g/mol. The third-order valence-electron chi connectivity index (χ3n) is 5.93. The van der Waals surface area contributed by atoms with E-state index in [2.05, 4.69) is 5.32 Å². The van der Waals surface area contributed by atoms with Crippen molar-refractivity contribution >= 4 is 21.8 Å². The third-order valence-corrected chi connectivity index (χ3v) is 7.82. The van der Waals surface area contributed by atoms with Gasteiger partial charge in [0.05, 0.1) is 4.90 Å². The van der Waals surface area contributed by atoms with Gasteiger partial charge in [-0.3, -0.25) is 9.59 Å². The van der Waals surface area contributed by atoms with Gasteiger partial charge in [-0.15, -0.1) is 0 Å². The topological polar surface area (TPSA) is 86.8 Å². The number of carbonyl (C=O) groups excluding carboxylic acids is 2. The Morgan fingerprint density at radius 3 is 2.34 bits per heavy atom. The summed E-state index contributed by atoms with van der Waals surface area (Å²) in [5.74, 6) is -0.327. The molecule has 0 bridgehead atoms. The van der Waals surface area contributed by atoms with Gasteiger partial charge in [0, 0.05) is 43.9 Å². The highest BCUT2D eigenvalue weighted by Gasteiger charge is 2.27. The Balaban J connectivity index is 1.42. The molecule has 2 fully saturated rings. The summed E-state index contributed by atoms with van der Waals surface area (Å²) < 4.78 is 27.4. The molecule has 1 aliphatic heterocycles. The molecular formula is C24H29N3O4S. The number of piperidine rings is 1. The lowest BCUT2D eigenvalue weighted by molar-refractivity contribution is 0.0784. The first-order valence-electron chi connectivity index (χ1n) is 11.1. The second-order valence-corrected chi connectivity index (χ2v) is 10.5. The van der Waals surface area contributed by atoms with Crippen LogP contribution in [0, 0.1) is 0 Å². The van der Waals surface area contributed by atoms with Gasteiger partial charge in [0.25, 0.3) is 11.8 Å². The van der Waals surface area contributed by atoms with E-state index in [-0.39, 0.29) is 16.7 Å². The van der Waals surface area contributed by atoms with E-state index in [1.54, 1.807) is 42.3 Å². The quantitative estimate of drug-likeness (QED) is 0.695. The van der Waals surface area contributed by atoms with Gasteiger partial charge < -0.3 is 10.2 Å². The molecule has 1 saturated carbocycles. The largest absolute Gasteiger partial charge is 0.349 e. The number of hydrogen-bond donors (Lipinski definition) is 1. The Hall–Kier alpha value is -2.71. The molecule has 4 rings (SSSR count). The van der Waals surface area contributed by atoms with Crippen LogP contribution in [0.2, 0.25) is 0 Å². The molecule has 170 valence electrons. The van der Waals surface area contributed by atoms with Gasteiger partial charge >= 0.3 is 0 Å². The number of amides is 2. The minimum atomic E-state index is -3.60. The van der Waals surface area contributed by atoms with Crippen molar-refractivity contribution < 1.29 is 18.0 Å². The number of sulfonamides is 1. The summed E-state index contributed by atoms with van der Waals surface area (Å²) in [5.41, 5.74) is 1.83. The van der Waals surface area contributed by atoms with Crippen molar-refractivity contribution in [1.82, 2.24) is 14.5 Å². The normalized spacial score (nSPS) is 17.0. The molecule has 0 radical (unpaired) electrons. The Morgan fingerprint density at radius 1 is 1.00 bits per heavy atom. The van der Waals surface area contributed by atoms with Crippen LogP contribution >= 0.6 is 0 Å². The summed E-state index contributed by atoms with van der Waals surface area (Å²) >= 11 is 0. The Kier molecular flexibility index (Phi) is 6.62. The highest BCUT2D eigenvalue weighted by Crippen LogP contribution is 2.22. The molecule has 2 amide bonds. The minimum Gasteiger partial charge on any atom is -0.349 e. The van der Waals surface area contributed by atoms with Crippen molar-refractivity contribution in [3.63, 3.8) is 0 Å². The zero-order valence-corrected chi connectivity index (χ0v) is 19.1. The van der Waals surface area contributed by atoms with Crippen LogP contribution in [0.25, 0.3) is 0 Å². The van der Waals surface area contributed by atoms with E-state index >= 15 is 0 Å². The SMILES string of the molecule is CN(Cc1ccc(C(=O)NC2CC2)cc1)C(=O)c1cccc(S(=O)(=O)N2CCCCC2)c1. The first kappa shape index (κ1) is 22.5. The number of nitrogens with one attached hydrogen (secondary N) is 1. The van der Waals surface area contributed by atoms with Gasteiger partial charge in [0.15, 0.2) is 0 Å². The second kappa shape index (κ2) is 9.42. The van der Waals surface area contributed by atoms with Gasteiger partial charge in [-0.1, -0.05) is 24.6 Å². The highest BCUT2D eigenvalue weighted by atomic mass is 32.2. The van der Waals surface area contributed by atoms with E-state index in [0.29, 0.717) is 36.8 Å². The maximum atomic E-state index is 13.0. The molecule has 1 saturated heterocycles. The summed E-state index contributed by atoms with van der Waals surface area (Å²) in [6, 6.07) is 13.8. The third kappa shape index (κ3) is 5.19. The summed E-state index contributed by atoms with van der Waals surface area (Å²) in [6.45, 7) is 1.40. The zero-order valence-electron chi connectivity index (χ0n) is 18.3. The molecule has 8 heteroatoms. The van der Waals surface area contributed by atoms with Crippen molar-refractivity contribution in [2.45, 2.75) is 49.6 Å². The molecule has 1 N–H and O–H groups in total. The number of rotatable bonds is 7. The fourth-order valence-electron chi connectivity index (χ4n) is 3.87. The van der Waals surface area contributed by atoms with E-state index in [9.17, 15) is 18.0 Å². The van der Waals surface area contributed by atoms with Crippen LogP contribution in [0.4, 0.5) is 0 Å². The van der Waals surface area contributed by atoms with Crippen LogP contribution < -0.4 is 5.32 Å². The van der Waals surface area contributed by atoms with Gasteiger partial charge in [-0.05, 0) is 61.6 Å². The number of benzene rings is 2. The van der Waals surface area contributed by atoms with Crippen molar-refractivity contribution in [2.75, 3.05) is 20.1 Å². The van der Waals surface area contributed by atoms with Crippen LogP contribution in [0.1, 0.15) is 58.4 Å².